The summed E-state index contributed by atoms with van der Waals surface area (Å²) in [4.78, 5) is 10.7. The third-order valence-corrected chi connectivity index (χ3v) is 2.13. The third kappa shape index (κ3) is 3.51. The van der Waals surface area contributed by atoms with Crippen LogP contribution in [0.3, 0.4) is 0 Å². The van der Waals surface area contributed by atoms with Crippen LogP contribution in [0.4, 0.5) is 13.2 Å². The SMILES string of the molecule is COc1ccc(/C=C/C(=O)C(F)(F)F)c(OC)c1. The van der Waals surface area contributed by atoms with Crippen molar-refractivity contribution in [3.8, 4) is 11.5 Å². The zero-order valence-electron chi connectivity index (χ0n) is 9.75. The van der Waals surface area contributed by atoms with Gasteiger partial charge in [-0.1, -0.05) is 0 Å². The zero-order chi connectivity index (χ0) is 13.8. The maximum absolute atomic E-state index is 12.0. The number of rotatable bonds is 4. The molecule has 0 aliphatic rings. The van der Waals surface area contributed by atoms with Crippen molar-refractivity contribution in [2.75, 3.05) is 14.2 Å². The number of ketones is 1. The quantitative estimate of drug-likeness (QED) is 0.781. The minimum atomic E-state index is -4.86. The monoisotopic (exact) mass is 260 g/mol. The van der Waals surface area contributed by atoms with Crippen molar-refractivity contribution in [3.63, 3.8) is 0 Å². The number of halogens is 3. The minimum Gasteiger partial charge on any atom is -0.497 e. The highest BCUT2D eigenvalue weighted by molar-refractivity contribution is 5.97. The van der Waals surface area contributed by atoms with Gasteiger partial charge >= 0.3 is 6.18 Å². The number of carbonyl (C=O) groups excluding carboxylic acids is 1. The largest absolute Gasteiger partial charge is 0.497 e. The van der Waals surface area contributed by atoms with E-state index in [9.17, 15) is 18.0 Å². The normalized spacial score (nSPS) is 11.6. The Morgan fingerprint density at radius 2 is 1.89 bits per heavy atom. The minimum absolute atomic E-state index is 0.320. The molecule has 0 bridgehead atoms. The molecule has 0 saturated heterocycles. The fourth-order valence-electron chi connectivity index (χ4n) is 1.22. The Kier molecular flexibility index (Phi) is 4.36. The van der Waals surface area contributed by atoms with Crippen LogP contribution < -0.4 is 9.47 Å². The van der Waals surface area contributed by atoms with Crippen LogP contribution in [0, 0.1) is 0 Å². The van der Waals surface area contributed by atoms with Gasteiger partial charge in [-0.15, -0.1) is 0 Å². The van der Waals surface area contributed by atoms with E-state index in [-0.39, 0.29) is 0 Å². The molecule has 1 aromatic rings. The van der Waals surface area contributed by atoms with Crippen LogP contribution in [-0.4, -0.2) is 26.2 Å². The first-order valence-corrected chi connectivity index (χ1v) is 4.89. The van der Waals surface area contributed by atoms with Gasteiger partial charge in [0.05, 0.1) is 14.2 Å². The fraction of sp³-hybridized carbons (Fsp3) is 0.250. The number of allylic oxidation sites excluding steroid dienone is 1. The summed E-state index contributed by atoms with van der Waals surface area (Å²) in [7, 11) is 2.83. The highest BCUT2D eigenvalue weighted by atomic mass is 19.4. The summed E-state index contributed by atoms with van der Waals surface area (Å²) >= 11 is 0. The molecule has 0 saturated carbocycles. The molecule has 0 aromatic heterocycles. The summed E-state index contributed by atoms with van der Waals surface area (Å²) < 4.78 is 45.9. The van der Waals surface area contributed by atoms with Crippen molar-refractivity contribution < 1.29 is 27.4 Å². The van der Waals surface area contributed by atoms with E-state index in [1.54, 1.807) is 6.07 Å². The second kappa shape index (κ2) is 5.57. The lowest BCUT2D eigenvalue weighted by Crippen LogP contribution is -2.19. The van der Waals surface area contributed by atoms with Gasteiger partial charge in [-0.05, 0) is 24.3 Å². The molecule has 0 fully saturated rings. The van der Waals surface area contributed by atoms with E-state index >= 15 is 0 Å². The van der Waals surface area contributed by atoms with Crippen LogP contribution in [0.1, 0.15) is 5.56 Å². The van der Waals surface area contributed by atoms with Crippen molar-refractivity contribution in [1.29, 1.82) is 0 Å². The van der Waals surface area contributed by atoms with Gasteiger partial charge in [0.2, 0.25) is 0 Å². The van der Waals surface area contributed by atoms with Crippen molar-refractivity contribution in [3.05, 3.63) is 29.8 Å². The molecule has 0 heterocycles. The number of carbonyl (C=O) groups is 1. The fourth-order valence-corrected chi connectivity index (χ4v) is 1.22. The molecule has 6 heteroatoms. The molecule has 1 rings (SSSR count). The Bertz CT molecular complexity index is 464. The molecule has 0 unspecified atom stereocenters. The van der Waals surface area contributed by atoms with E-state index < -0.39 is 12.0 Å². The second-order valence-electron chi connectivity index (χ2n) is 3.30. The van der Waals surface area contributed by atoms with Crippen LogP contribution >= 0.6 is 0 Å². The first kappa shape index (κ1) is 14.1. The van der Waals surface area contributed by atoms with Crippen LogP contribution in [-0.2, 0) is 4.79 Å². The van der Waals surface area contributed by atoms with Gasteiger partial charge in [-0.3, -0.25) is 4.79 Å². The van der Waals surface area contributed by atoms with E-state index in [0.29, 0.717) is 23.1 Å². The molecule has 3 nitrogen and oxygen atoms in total. The molecular weight excluding hydrogens is 249 g/mol. The van der Waals surface area contributed by atoms with E-state index in [1.807, 2.05) is 0 Å². The lowest BCUT2D eigenvalue weighted by molar-refractivity contribution is -0.165. The maximum Gasteiger partial charge on any atom is 0.454 e. The van der Waals surface area contributed by atoms with Gasteiger partial charge in [0.1, 0.15) is 11.5 Å². The van der Waals surface area contributed by atoms with Crippen LogP contribution in [0.25, 0.3) is 6.08 Å². The lowest BCUT2D eigenvalue weighted by atomic mass is 10.1. The van der Waals surface area contributed by atoms with Gasteiger partial charge in [-0.25, -0.2) is 0 Å². The highest BCUT2D eigenvalue weighted by Crippen LogP contribution is 2.26. The summed E-state index contributed by atoms with van der Waals surface area (Å²) in [5.74, 6) is -1.09. The Hall–Kier alpha value is -1.98. The first-order valence-electron chi connectivity index (χ1n) is 4.89. The van der Waals surface area contributed by atoms with Crippen LogP contribution in [0.2, 0.25) is 0 Å². The smallest absolute Gasteiger partial charge is 0.454 e. The van der Waals surface area contributed by atoms with Crippen LogP contribution in [0.15, 0.2) is 24.3 Å². The highest BCUT2D eigenvalue weighted by Gasteiger charge is 2.36. The van der Waals surface area contributed by atoms with E-state index in [0.717, 1.165) is 6.08 Å². The molecule has 1 aromatic carbocycles. The lowest BCUT2D eigenvalue weighted by Gasteiger charge is -2.07. The summed E-state index contributed by atoms with van der Waals surface area (Å²) in [5.41, 5.74) is 0.357. The van der Waals surface area contributed by atoms with E-state index in [1.165, 1.54) is 26.4 Å². The molecule has 0 atom stereocenters. The van der Waals surface area contributed by atoms with Crippen molar-refractivity contribution >= 4 is 11.9 Å². The Labute approximate surface area is 102 Å². The van der Waals surface area contributed by atoms with Gasteiger partial charge < -0.3 is 9.47 Å². The Morgan fingerprint density at radius 1 is 1.22 bits per heavy atom. The number of hydrogen-bond acceptors (Lipinski definition) is 3. The van der Waals surface area contributed by atoms with Crippen molar-refractivity contribution in [1.82, 2.24) is 0 Å². The predicted molar refractivity (Wildman–Crippen MR) is 59.6 cm³/mol. The molecule has 0 radical (unpaired) electrons. The Morgan fingerprint density at radius 3 is 2.39 bits per heavy atom. The standard InChI is InChI=1S/C12H11F3O3/c1-17-9-5-3-8(10(7-9)18-2)4-6-11(16)12(13,14)15/h3-7H,1-2H3/b6-4+. The van der Waals surface area contributed by atoms with Crippen LogP contribution in [0.5, 0.6) is 11.5 Å². The molecule has 18 heavy (non-hydrogen) atoms. The van der Waals surface area contributed by atoms with Crippen molar-refractivity contribution in [2.24, 2.45) is 0 Å². The summed E-state index contributed by atoms with van der Waals surface area (Å²) in [6, 6.07) is 4.57. The Balaban J connectivity index is 2.97. The maximum atomic E-state index is 12.0. The molecule has 0 aliphatic heterocycles. The summed E-state index contributed by atoms with van der Waals surface area (Å²) in [6.45, 7) is 0. The number of benzene rings is 1. The molecule has 0 spiro atoms. The van der Waals surface area contributed by atoms with Crippen molar-refractivity contribution in [2.45, 2.75) is 6.18 Å². The van der Waals surface area contributed by atoms with Gasteiger partial charge in [-0.2, -0.15) is 13.2 Å². The second-order valence-corrected chi connectivity index (χ2v) is 3.30. The molecule has 0 aliphatic carbocycles. The zero-order valence-corrected chi connectivity index (χ0v) is 9.75. The number of hydrogen-bond donors (Lipinski definition) is 0. The average Bonchev–Trinajstić information content (AvgIpc) is 2.34. The molecule has 0 N–H and O–H groups in total. The number of methoxy groups -OCH3 is 2. The third-order valence-electron chi connectivity index (χ3n) is 2.13. The predicted octanol–water partition coefficient (Wildman–Crippen LogP) is 2.85. The topological polar surface area (TPSA) is 35.5 Å². The van der Waals surface area contributed by atoms with Gasteiger partial charge in [0, 0.05) is 11.6 Å². The number of ether oxygens (including phenoxy) is 2. The number of alkyl halides is 3. The molecule has 0 amide bonds. The van der Waals surface area contributed by atoms with Gasteiger partial charge in [0.15, 0.2) is 0 Å². The molecule has 98 valence electrons. The summed E-state index contributed by atoms with van der Waals surface area (Å²) in [5, 5.41) is 0. The first-order chi connectivity index (χ1) is 8.38. The van der Waals surface area contributed by atoms with E-state index in [4.69, 9.17) is 9.47 Å². The average molecular weight is 260 g/mol. The van der Waals surface area contributed by atoms with E-state index in [2.05, 4.69) is 0 Å². The molecular formula is C12H11F3O3. The summed E-state index contributed by atoms with van der Waals surface area (Å²) in [6.07, 6.45) is -3.35. The van der Waals surface area contributed by atoms with Gasteiger partial charge in [0.25, 0.3) is 5.78 Å².